The van der Waals surface area contributed by atoms with Crippen LogP contribution in [-0.2, 0) is 6.42 Å². The lowest BCUT2D eigenvalue weighted by Crippen LogP contribution is -2.31. The zero-order valence-electron chi connectivity index (χ0n) is 9.55. The molecule has 7 heteroatoms. The van der Waals surface area contributed by atoms with Gasteiger partial charge >= 0.3 is 6.18 Å². The quantitative estimate of drug-likeness (QED) is 0.800. The Morgan fingerprint density at radius 2 is 2.00 bits per heavy atom. The van der Waals surface area contributed by atoms with E-state index >= 15 is 0 Å². The van der Waals surface area contributed by atoms with Crippen molar-refractivity contribution in [2.24, 2.45) is 0 Å². The second-order valence-corrected chi connectivity index (χ2v) is 4.50. The van der Waals surface area contributed by atoms with Gasteiger partial charge in [0.25, 0.3) is 0 Å². The van der Waals surface area contributed by atoms with Gasteiger partial charge in [0.15, 0.2) is 0 Å². The van der Waals surface area contributed by atoms with E-state index in [0.29, 0.717) is 16.8 Å². The molecule has 0 fully saturated rings. The number of aromatic nitrogens is 2. The first kappa shape index (κ1) is 14.2. The summed E-state index contributed by atoms with van der Waals surface area (Å²) in [6, 6.07) is 1.48. The first-order valence-corrected chi connectivity index (χ1v) is 5.92. The van der Waals surface area contributed by atoms with E-state index in [1.165, 1.54) is 13.1 Å². The van der Waals surface area contributed by atoms with Gasteiger partial charge in [0.1, 0.15) is 22.8 Å². The Bertz CT molecular complexity index is 382. The Morgan fingerprint density at radius 1 is 1.35 bits per heavy atom. The average molecular weight is 312 g/mol. The summed E-state index contributed by atoms with van der Waals surface area (Å²) in [6.07, 6.45) is -2.75. The van der Waals surface area contributed by atoms with Crippen LogP contribution in [0.5, 0.6) is 0 Å². The Balaban J connectivity index is 2.89. The molecule has 1 heterocycles. The minimum atomic E-state index is -4.24. The van der Waals surface area contributed by atoms with E-state index < -0.39 is 12.7 Å². The third kappa shape index (κ3) is 4.89. The molecule has 1 rings (SSSR count). The number of hydrogen-bond donors (Lipinski definition) is 0. The zero-order chi connectivity index (χ0) is 13.1. The van der Waals surface area contributed by atoms with Gasteiger partial charge in [-0.05, 0) is 22.4 Å². The minimum absolute atomic E-state index is 0.271. The van der Waals surface area contributed by atoms with Gasteiger partial charge in [-0.3, -0.25) is 0 Å². The molecule has 0 aliphatic carbocycles. The van der Waals surface area contributed by atoms with Crippen LogP contribution in [0.15, 0.2) is 10.7 Å². The van der Waals surface area contributed by atoms with Crippen molar-refractivity contribution in [1.29, 1.82) is 0 Å². The fraction of sp³-hybridized carbons (Fsp3) is 0.600. The van der Waals surface area contributed by atoms with Gasteiger partial charge in [-0.1, -0.05) is 6.92 Å². The molecule has 0 aromatic carbocycles. The van der Waals surface area contributed by atoms with Crippen molar-refractivity contribution in [2.75, 3.05) is 18.5 Å². The summed E-state index contributed by atoms with van der Waals surface area (Å²) in [7, 11) is 1.36. The van der Waals surface area contributed by atoms with Crippen LogP contribution in [0.4, 0.5) is 19.0 Å². The Kier molecular flexibility index (Phi) is 4.73. The smallest absolute Gasteiger partial charge is 0.350 e. The van der Waals surface area contributed by atoms with Gasteiger partial charge < -0.3 is 4.90 Å². The highest BCUT2D eigenvalue weighted by atomic mass is 79.9. The summed E-state index contributed by atoms with van der Waals surface area (Å²) in [5.74, 6) is 0.818. The standard InChI is InChI=1S/C10H13BrF3N3/c1-3-4-8-15-7(11)5-9(16-8)17(2)6-10(12,13)14/h5H,3-4,6H2,1-2H3. The lowest BCUT2D eigenvalue weighted by Gasteiger charge is -2.20. The van der Waals surface area contributed by atoms with E-state index in [1.54, 1.807) is 0 Å². The minimum Gasteiger partial charge on any atom is -0.350 e. The van der Waals surface area contributed by atoms with Crippen LogP contribution in [0.2, 0.25) is 0 Å². The van der Waals surface area contributed by atoms with Crippen LogP contribution < -0.4 is 4.90 Å². The van der Waals surface area contributed by atoms with E-state index in [0.717, 1.165) is 11.3 Å². The molecular weight excluding hydrogens is 299 g/mol. The maximum atomic E-state index is 12.2. The molecule has 1 aromatic heterocycles. The van der Waals surface area contributed by atoms with Crippen molar-refractivity contribution in [3.05, 3.63) is 16.5 Å². The number of anilines is 1. The SMILES string of the molecule is CCCc1nc(Br)cc(N(C)CC(F)(F)F)n1. The number of rotatable bonds is 4. The average Bonchev–Trinajstić information content (AvgIpc) is 2.14. The highest BCUT2D eigenvalue weighted by Gasteiger charge is 2.30. The highest BCUT2D eigenvalue weighted by molar-refractivity contribution is 9.10. The number of hydrogen-bond acceptors (Lipinski definition) is 3. The van der Waals surface area contributed by atoms with Gasteiger partial charge in [0.05, 0.1) is 0 Å². The zero-order valence-corrected chi connectivity index (χ0v) is 11.1. The summed E-state index contributed by atoms with van der Waals surface area (Å²) in [5.41, 5.74) is 0. The topological polar surface area (TPSA) is 29.0 Å². The largest absolute Gasteiger partial charge is 0.405 e. The van der Waals surface area contributed by atoms with Gasteiger partial charge in [-0.25, -0.2) is 9.97 Å². The molecule has 0 aliphatic rings. The van der Waals surface area contributed by atoms with Crippen LogP contribution >= 0.6 is 15.9 Å². The molecule has 0 atom stereocenters. The number of nitrogens with zero attached hydrogens (tertiary/aromatic N) is 3. The Labute approximate surface area is 106 Å². The summed E-state index contributed by atoms with van der Waals surface area (Å²) in [4.78, 5) is 9.25. The second kappa shape index (κ2) is 5.66. The predicted octanol–water partition coefficient (Wildman–Crippen LogP) is 3.19. The van der Waals surface area contributed by atoms with Crippen molar-refractivity contribution >= 4 is 21.7 Å². The molecular formula is C10H13BrF3N3. The summed E-state index contributed by atoms with van der Waals surface area (Å²) in [6.45, 7) is 0.936. The van der Waals surface area contributed by atoms with E-state index in [2.05, 4.69) is 25.9 Å². The molecule has 0 amide bonds. The third-order valence-corrected chi connectivity index (χ3v) is 2.42. The van der Waals surface area contributed by atoms with Gasteiger partial charge in [-0.15, -0.1) is 0 Å². The molecule has 0 saturated heterocycles. The van der Waals surface area contributed by atoms with Crippen molar-refractivity contribution in [3.63, 3.8) is 0 Å². The molecule has 17 heavy (non-hydrogen) atoms. The maximum absolute atomic E-state index is 12.2. The number of alkyl halides is 3. The normalized spacial score (nSPS) is 11.6. The first-order valence-electron chi connectivity index (χ1n) is 5.13. The molecule has 0 unspecified atom stereocenters. The fourth-order valence-corrected chi connectivity index (χ4v) is 1.74. The third-order valence-electron chi connectivity index (χ3n) is 2.01. The summed E-state index contributed by atoms with van der Waals surface area (Å²) in [5, 5.41) is 0. The lowest BCUT2D eigenvalue weighted by atomic mass is 10.3. The molecule has 1 aromatic rings. The molecule has 0 N–H and O–H groups in total. The molecule has 0 radical (unpaired) electrons. The van der Waals surface area contributed by atoms with Crippen molar-refractivity contribution in [3.8, 4) is 0 Å². The van der Waals surface area contributed by atoms with Crippen molar-refractivity contribution in [2.45, 2.75) is 25.9 Å². The first-order chi connectivity index (χ1) is 7.81. The van der Waals surface area contributed by atoms with Crippen LogP contribution in [0, 0.1) is 0 Å². The summed E-state index contributed by atoms with van der Waals surface area (Å²) < 4.78 is 37.2. The van der Waals surface area contributed by atoms with E-state index in [1.807, 2.05) is 6.92 Å². The highest BCUT2D eigenvalue weighted by Crippen LogP contribution is 2.21. The summed E-state index contributed by atoms with van der Waals surface area (Å²) >= 11 is 3.17. The number of halogens is 4. The van der Waals surface area contributed by atoms with Crippen LogP contribution in [0.3, 0.4) is 0 Å². The number of aryl methyl sites for hydroxylation is 1. The van der Waals surface area contributed by atoms with E-state index in [9.17, 15) is 13.2 Å². The lowest BCUT2D eigenvalue weighted by molar-refractivity contribution is -0.119. The van der Waals surface area contributed by atoms with Crippen LogP contribution in [0.1, 0.15) is 19.2 Å². The van der Waals surface area contributed by atoms with Crippen molar-refractivity contribution < 1.29 is 13.2 Å². The van der Waals surface area contributed by atoms with E-state index in [4.69, 9.17) is 0 Å². The Hall–Kier alpha value is -0.850. The Morgan fingerprint density at radius 3 is 2.53 bits per heavy atom. The fourth-order valence-electron chi connectivity index (χ4n) is 1.33. The molecule has 0 saturated carbocycles. The van der Waals surface area contributed by atoms with Gasteiger partial charge in [-0.2, -0.15) is 13.2 Å². The maximum Gasteiger partial charge on any atom is 0.405 e. The molecule has 96 valence electrons. The van der Waals surface area contributed by atoms with Crippen LogP contribution in [-0.4, -0.2) is 29.7 Å². The molecule has 0 bridgehead atoms. The molecule has 3 nitrogen and oxygen atoms in total. The van der Waals surface area contributed by atoms with Crippen LogP contribution in [0.25, 0.3) is 0 Å². The second-order valence-electron chi connectivity index (χ2n) is 3.69. The van der Waals surface area contributed by atoms with Crippen molar-refractivity contribution in [1.82, 2.24) is 9.97 Å². The predicted molar refractivity (Wildman–Crippen MR) is 63.1 cm³/mol. The van der Waals surface area contributed by atoms with E-state index in [-0.39, 0.29) is 5.82 Å². The molecule has 0 aliphatic heterocycles. The van der Waals surface area contributed by atoms with Gasteiger partial charge in [0.2, 0.25) is 0 Å². The van der Waals surface area contributed by atoms with Gasteiger partial charge in [0, 0.05) is 19.5 Å². The molecule has 0 spiro atoms. The monoisotopic (exact) mass is 311 g/mol.